The monoisotopic (exact) mass is 320 g/mol. The van der Waals surface area contributed by atoms with Crippen LogP contribution in [-0.2, 0) is 10.0 Å². The molecule has 0 saturated heterocycles. The highest BCUT2D eigenvalue weighted by molar-refractivity contribution is 7.93. The number of carbonyl (C=O) groups excluding carboxylic acids is 1. The summed E-state index contributed by atoms with van der Waals surface area (Å²) in [4.78, 5) is 11.8. The van der Waals surface area contributed by atoms with Crippen LogP contribution in [0.5, 0.6) is 0 Å². The van der Waals surface area contributed by atoms with Gasteiger partial charge in [-0.2, -0.15) is 21.6 Å². The zero-order valence-electron chi connectivity index (χ0n) is 10.6. The summed E-state index contributed by atoms with van der Waals surface area (Å²) < 4.78 is 60.5. The molecule has 0 saturated carbocycles. The Morgan fingerprint density at radius 2 is 1.90 bits per heavy atom. The zero-order valence-corrected chi connectivity index (χ0v) is 11.4. The molecule has 0 bridgehead atoms. The molecule has 0 unspecified atom stereocenters. The van der Waals surface area contributed by atoms with Crippen LogP contribution in [0.1, 0.15) is 16.8 Å². The number of nitrogens with one attached hydrogen (secondary N) is 2. The summed E-state index contributed by atoms with van der Waals surface area (Å²) in [6.45, 7) is 0.121. The van der Waals surface area contributed by atoms with Crippen LogP contribution in [-0.4, -0.2) is 26.4 Å². The van der Waals surface area contributed by atoms with E-state index in [-0.39, 0.29) is 18.5 Å². The molecular weight excluding hydrogens is 309 g/mol. The minimum atomic E-state index is -5.59. The number of para-hydroxylation sites is 1. The molecule has 1 rings (SSSR count). The number of amides is 1. The number of carbonyl (C=O) groups is 1. The molecule has 0 aromatic heterocycles. The molecule has 9 heteroatoms. The quantitative estimate of drug-likeness (QED) is 0.640. The highest BCUT2D eigenvalue weighted by Gasteiger charge is 2.46. The van der Waals surface area contributed by atoms with Crippen LogP contribution in [0.4, 0.5) is 18.9 Å². The molecule has 0 spiro atoms. The second kappa shape index (κ2) is 6.49. The fourth-order valence-electron chi connectivity index (χ4n) is 1.32. The van der Waals surface area contributed by atoms with Crippen molar-refractivity contribution in [2.24, 2.45) is 0 Å². The second-order valence-electron chi connectivity index (χ2n) is 3.81. The van der Waals surface area contributed by atoms with Crippen molar-refractivity contribution in [1.29, 1.82) is 0 Å². The molecule has 21 heavy (non-hydrogen) atoms. The van der Waals surface area contributed by atoms with Gasteiger partial charge in [-0.3, -0.25) is 9.52 Å². The lowest BCUT2D eigenvalue weighted by Gasteiger charge is -2.13. The van der Waals surface area contributed by atoms with Crippen LogP contribution >= 0.6 is 0 Å². The van der Waals surface area contributed by atoms with E-state index < -0.39 is 27.1 Å². The normalized spacial score (nSPS) is 11.5. The van der Waals surface area contributed by atoms with Crippen LogP contribution in [0.25, 0.3) is 0 Å². The van der Waals surface area contributed by atoms with Gasteiger partial charge in [0, 0.05) is 13.0 Å². The third-order valence-corrected chi connectivity index (χ3v) is 3.37. The molecule has 1 amide bonds. The Bertz CT molecular complexity index is 663. The lowest BCUT2D eigenvalue weighted by atomic mass is 10.1. The maximum Gasteiger partial charge on any atom is 0.516 e. The van der Waals surface area contributed by atoms with Gasteiger partial charge in [-0.05, 0) is 12.1 Å². The van der Waals surface area contributed by atoms with Gasteiger partial charge in [0.15, 0.2) is 0 Å². The van der Waals surface area contributed by atoms with Crippen molar-refractivity contribution in [1.82, 2.24) is 5.32 Å². The van der Waals surface area contributed by atoms with Crippen molar-refractivity contribution < 1.29 is 26.4 Å². The average molecular weight is 320 g/mol. The van der Waals surface area contributed by atoms with E-state index in [1.54, 1.807) is 0 Å². The minimum Gasteiger partial charge on any atom is -0.351 e. The van der Waals surface area contributed by atoms with Gasteiger partial charge in [0.25, 0.3) is 5.91 Å². The van der Waals surface area contributed by atoms with Crippen molar-refractivity contribution in [3.8, 4) is 12.3 Å². The molecule has 0 aliphatic heterocycles. The molecule has 0 fully saturated rings. The number of hydrogen-bond acceptors (Lipinski definition) is 3. The van der Waals surface area contributed by atoms with Crippen LogP contribution in [0.15, 0.2) is 24.3 Å². The molecule has 1 aromatic carbocycles. The molecule has 0 heterocycles. The van der Waals surface area contributed by atoms with Gasteiger partial charge in [0.2, 0.25) is 0 Å². The fourth-order valence-corrected chi connectivity index (χ4v) is 1.90. The Morgan fingerprint density at radius 1 is 1.29 bits per heavy atom. The van der Waals surface area contributed by atoms with Crippen LogP contribution in [0.2, 0.25) is 0 Å². The largest absolute Gasteiger partial charge is 0.516 e. The van der Waals surface area contributed by atoms with Gasteiger partial charge >= 0.3 is 15.5 Å². The van der Waals surface area contributed by atoms with Crippen molar-refractivity contribution in [3.05, 3.63) is 29.8 Å². The SMILES string of the molecule is C#CCCNC(=O)c1ccccc1NS(=O)(=O)C(F)(F)F. The molecule has 1 aromatic rings. The molecule has 2 N–H and O–H groups in total. The number of halogens is 3. The van der Waals surface area contributed by atoms with E-state index in [4.69, 9.17) is 6.42 Å². The summed E-state index contributed by atoms with van der Waals surface area (Å²) in [5.41, 5.74) is -6.17. The Morgan fingerprint density at radius 3 is 2.48 bits per heavy atom. The second-order valence-corrected chi connectivity index (χ2v) is 5.48. The van der Waals surface area contributed by atoms with E-state index in [0.717, 1.165) is 6.07 Å². The predicted octanol–water partition coefficient (Wildman–Crippen LogP) is 1.70. The van der Waals surface area contributed by atoms with Gasteiger partial charge in [0.05, 0.1) is 11.3 Å². The maximum absolute atomic E-state index is 12.3. The van der Waals surface area contributed by atoms with Crippen LogP contribution in [0, 0.1) is 12.3 Å². The van der Waals surface area contributed by atoms with Gasteiger partial charge in [0.1, 0.15) is 0 Å². The summed E-state index contributed by atoms with van der Waals surface area (Å²) >= 11 is 0. The lowest BCUT2D eigenvalue weighted by Crippen LogP contribution is -2.31. The number of rotatable bonds is 5. The van der Waals surface area contributed by atoms with Crippen molar-refractivity contribution in [2.75, 3.05) is 11.3 Å². The summed E-state index contributed by atoms with van der Waals surface area (Å²) in [5, 5.41) is 2.37. The minimum absolute atomic E-state index is 0.121. The van der Waals surface area contributed by atoms with Gasteiger partial charge in [-0.1, -0.05) is 12.1 Å². The van der Waals surface area contributed by atoms with Crippen molar-refractivity contribution >= 4 is 21.6 Å². The summed E-state index contributed by atoms with van der Waals surface area (Å²) in [5.74, 6) is 1.54. The van der Waals surface area contributed by atoms with Crippen LogP contribution < -0.4 is 10.0 Å². The summed E-state index contributed by atoms with van der Waals surface area (Å²) in [6.07, 6.45) is 5.23. The number of benzene rings is 1. The maximum atomic E-state index is 12.3. The number of sulfonamides is 1. The summed E-state index contributed by atoms with van der Waals surface area (Å²) in [7, 11) is -5.59. The molecule has 0 atom stereocenters. The molecule has 0 aliphatic rings. The molecular formula is C12H11F3N2O3S. The highest BCUT2D eigenvalue weighted by atomic mass is 32.2. The lowest BCUT2D eigenvalue weighted by molar-refractivity contribution is -0.0429. The first kappa shape index (κ1) is 16.8. The predicted molar refractivity (Wildman–Crippen MR) is 70.8 cm³/mol. The number of alkyl halides is 3. The van der Waals surface area contributed by atoms with E-state index in [1.165, 1.54) is 22.9 Å². The molecule has 5 nitrogen and oxygen atoms in total. The van der Waals surface area contributed by atoms with E-state index in [0.29, 0.717) is 0 Å². The van der Waals surface area contributed by atoms with E-state index in [9.17, 15) is 26.4 Å². The number of anilines is 1. The number of hydrogen-bond donors (Lipinski definition) is 2. The summed E-state index contributed by atoms with van der Waals surface area (Å²) in [6, 6.07) is 4.94. The number of terminal acetylenes is 1. The third kappa shape index (κ3) is 4.39. The average Bonchev–Trinajstić information content (AvgIpc) is 2.37. The first-order valence-electron chi connectivity index (χ1n) is 5.59. The first-order chi connectivity index (χ1) is 9.69. The topological polar surface area (TPSA) is 75.3 Å². The molecule has 114 valence electrons. The van der Waals surface area contributed by atoms with Gasteiger partial charge in [-0.25, -0.2) is 0 Å². The van der Waals surface area contributed by atoms with Gasteiger partial charge in [-0.15, -0.1) is 12.3 Å². The first-order valence-corrected chi connectivity index (χ1v) is 7.07. The van der Waals surface area contributed by atoms with Crippen molar-refractivity contribution in [2.45, 2.75) is 11.9 Å². The van der Waals surface area contributed by atoms with E-state index in [1.807, 2.05) is 0 Å². The smallest absolute Gasteiger partial charge is 0.351 e. The van der Waals surface area contributed by atoms with E-state index in [2.05, 4.69) is 11.2 Å². The Kier molecular flexibility index (Phi) is 5.21. The highest BCUT2D eigenvalue weighted by Crippen LogP contribution is 2.26. The Balaban J connectivity index is 3.01. The Hall–Kier alpha value is -2.21. The standard InChI is InChI=1S/C12H11F3N2O3S/c1-2-3-8-16-11(18)9-6-4-5-7-10(9)17-21(19,20)12(13,14)15/h1,4-7,17H,3,8H2,(H,16,18). The van der Waals surface area contributed by atoms with Crippen LogP contribution in [0.3, 0.4) is 0 Å². The van der Waals surface area contributed by atoms with E-state index >= 15 is 0 Å². The zero-order chi connectivity index (χ0) is 16.1. The molecule has 0 radical (unpaired) electrons. The fraction of sp³-hybridized carbons (Fsp3) is 0.250. The molecule has 0 aliphatic carbocycles. The third-order valence-electron chi connectivity index (χ3n) is 2.28. The Labute approximate surface area is 119 Å². The van der Waals surface area contributed by atoms with Gasteiger partial charge < -0.3 is 5.32 Å². The van der Waals surface area contributed by atoms with Crippen molar-refractivity contribution in [3.63, 3.8) is 0 Å².